The second kappa shape index (κ2) is 5.18. The molecule has 6 heteroatoms. The maximum atomic E-state index is 12.5. The summed E-state index contributed by atoms with van der Waals surface area (Å²) in [5.41, 5.74) is 0.464. The van der Waals surface area contributed by atoms with Crippen LogP contribution in [0.1, 0.15) is 23.1 Å². The first-order valence-corrected chi connectivity index (χ1v) is 5.34. The lowest BCUT2D eigenvalue weighted by Gasteiger charge is -2.11. The Morgan fingerprint density at radius 2 is 2.14 bits per heavy atom. The summed E-state index contributed by atoms with van der Waals surface area (Å²) in [4.78, 5) is 3.77. The molecule has 0 aliphatic heterocycles. The van der Waals surface area contributed by atoms with E-state index in [0.717, 1.165) is 6.20 Å². The molecule has 0 atom stereocenters. The van der Waals surface area contributed by atoms with Gasteiger partial charge in [-0.15, -0.1) is 11.6 Å². The molecule has 0 aliphatic carbocycles. The van der Waals surface area contributed by atoms with Gasteiger partial charge in [0, 0.05) is 23.2 Å². The van der Waals surface area contributed by atoms with Crippen molar-refractivity contribution in [2.24, 2.45) is 0 Å². The zero-order valence-corrected chi connectivity index (χ0v) is 9.89. The molecular formula is C8H7ClF2INO. The van der Waals surface area contributed by atoms with Crippen LogP contribution in [0.15, 0.2) is 6.20 Å². The number of aliphatic hydroxyl groups excluding tert-OH is 1. The topological polar surface area (TPSA) is 33.1 Å². The summed E-state index contributed by atoms with van der Waals surface area (Å²) in [6.07, 6.45) is -1.51. The molecule has 1 aromatic heterocycles. The van der Waals surface area contributed by atoms with Crippen molar-refractivity contribution in [3.8, 4) is 0 Å². The first-order chi connectivity index (χ1) is 6.61. The molecule has 78 valence electrons. The van der Waals surface area contributed by atoms with Crippen LogP contribution in [0.5, 0.6) is 0 Å². The van der Waals surface area contributed by atoms with E-state index in [9.17, 15) is 8.78 Å². The number of hydrogen-bond donors (Lipinski definition) is 1. The molecule has 0 aromatic carbocycles. The van der Waals surface area contributed by atoms with Gasteiger partial charge in [-0.25, -0.2) is 13.8 Å². The highest BCUT2D eigenvalue weighted by molar-refractivity contribution is 14.1. The second-order valence-electron chi connectivity index (χ2n) is 2.55. The van der Waals surface area contributed by atoms with Crippen LogP contribution in [0.3, 0.4) is 0 Å². The Labute approximate surface area is 98.4 Å². The largest absolute Gasteiger partial charge is 0.392 e. The highest BCUT2D eigenvalue weighted by Crippen LogP contribution is 2.28. The van der Waals surface area contributed by atoms with Gasteiger partial charge in [0.25, 0.3) is 6.43 Å². The van der Waals surface area contributed by atoms with Crippen LogP contribution in [0, 0.1) is 3.70 Å². The Morgan fingerprint density at radius 3 is 2.57 bits per heavy atom. The molecule has 0 aliphatic rings. The molecule has 1 heterocycles. The Kier molecular flexibility index (Phi) is 4.46. The molecule has 0 spiro atoms. The molecule has 2 nitrogen and oxygen atoms in total. The first kappa shape index (κ1) is 12.1. The zero-order valence-electron chi connectivity index (χ0n) is 6.98. The molecule has 0 fully saturated rings. The lowest BCUT2D eigenvalue weighted by molar-refractivity contribution is 0.149. The highest BCUT2D eigenvalue weighted by atomic mass is 127. The quantitative estimate of drug-likeness (QED) is 0.524. The van der Waals surface area contributed by atoms with Gasteiger partial charge in [-0.05, 0) is 28.2 Å². The summed E-state index contributed by atoms with van der Waals surface area (Å²) in [5.74, 6) is -0.0475. The molecule has 1 rings (SSSR count). The highest BCUT2D eigenvalue weighted by Gasteiger charge is 2.18. The average Bonchev–Trinajstić information content (AvgIpc) is 2.16. The molecular weight excluding hydrogens is 326 g/mol. The second-order valence-corrected chi connectivity index (χ2v) is 3.84. The predicted molar refractivity (Wildman–Crippen MR) is 57.4 cm³/mol. The molecule has 0 bridgehead atoms. The molecule has 14 heavy (non-hydrogen) atoms. The summed E-state index contributed by atoms with van der Waals surface area (Å²) >= 11 is 7.43. The molecule has 1 N–H and O–H groups in total. The third kappa shape index (κ3) is 2.32. The van der Waals surface area contributed by atoms with Gasteiger partial charge in [0.05, 0.1) is 6.61 Å². The maximum absolute atomic E-state index is 12.5. The van der Waals surface area contributed by atoms with E-state index < -0.39 is 6.43 Å². The fourth-order valence-corrected chi connectivity index (χ4v) is 2.04. The summed E-state index contributed by atoms with van der Waals surface area (Å²) in [6.45, 7) is -0.326. The van der Waals surface area contributed by atoms with Gasteiger partial charge in [-0.3, -0.25) is 0 Å². The van der Waals surface area contributed by atoms with E-state index >= 15 is 0 Å². The molecule has 0 amide bonds. The maximum Gasteiger partial charge on any atom is 0.265 e. The van der Waals surface area contributed by atoms with Gasteiger partial charge in [-0.2, -0.15) is 0 Å². The van der Waals surface area contributed by atoms with Crippen LogP contribution >= 0.6 is 34.2 Å². The van der Waals surface area contributed by atoms with Crippen LogP contribution in [0.4, 0.5) is 8.78 Å². The Morgan fingerprint density at radius 1 is 1.50 bits per heavy atom. The number of aliphatic hydroxyl groups is 1. The van der Waals surface area contributed by atoms with E-state index in [1.807, 2.05) is 22.6 Å². The van der Waals surface area contributed by atoms with E-state index in [0.29, 0.717) is 9.26 Å². The third-order valence-corrected chi connectivity index (χ3v) is 3.00. The van der Waals surface area contributed by atoms with Crippen molar-refractivity contribution in [3.05, 3.63) is 26.6 Å². The van der Waals surface area contributed by atoms with Crippen LogP contribution in [-0.4, -0.2) is 10.1 Å². The van der Waals surface area contributed by atoms with Crippen LogP contribution < -0.4 is 0 Å². The fourth-order valence-electron chi connectivity index (χ4n) is 1.09. The van der Waals surface area contributed by atoms with E-state index in [4.69, 9.17) is 16.7 Å². The lowest BCUT2D eigenvalue weighted by Crippen LogP contribution is -2.04. The summed E-state index contributed by atoms with van der Waals surface area (Å²) in [5, 5.41) is 8.99. The van der Waals surface area contributed by atoms with Crippen molar-refractivity contribution in [1.29, 1.82) is 0 Å². The summed E-state index contributed by atoms with van der Waals surface area (Å²) < 4.78 is 25.5. The molecule has 0 saturated heterocycles. The zero-order chi connectivity index (χ0) is 10.7. The number of halogens is 4. The van der Waals surface area contributed by atoms with Crippen LogP contribution in [-0.2, 0) is 12.5 Å². The van der Waals surface area contributed by atoms with Crippen molar-refractivity contribution in [3.63, 3.8) is 0 Å². The third-order valence-electron chi connectivity index (χ3n) is 1.81. The Hall–Kier alpha value is -0.0100. The molecule has 1 aromatic rings. The molecule has 0 unspecified atom stereocenters. The normalized spacial score (nSPS) is 11.0. The van der Waals surface area contributed by atoms with E-state index in [-0.39, 0.29) is 23.6 Å². The lowest BCUT2D eigenvalue weighted by atomic mass is 10.1. The summed E-state index contributed by atoms with van der Waals surface area (Å²) in [6, 6.07) is 0. The number of aromatic nitrogens is 1. The number of alkyl halides is 3. The first-order valence-electron chi connectivity index (χ1n) is 3.73. The number of rotatable bonds is 3. The van der Waals surface area contributed by atoms with Crippen molar-refractivity contribution in [2.75, 3.05) is 0 Å². The molecule has 0 radical (unpaired) electrons. The SMILES string of the molecule is OCc1c(I)ncc(C(F)F)c1CCl. The van der Waals surface area contributed by atoms with Gasteiger partial charge < -0.3 is 5.11 Å². The standard InChI is InChI=1S/C8H7ClF2INO/c9-1-4-5(7(10)11)2-13-8(12)6(4)3-14/h2,7,14H,1,3H2. The monoisotopic (exact) mass is 333 g/mol. The van der Waals surface area contributed by atoms with Gasteiger partial charge >= 0.3 is 0 Å². The van der Waals surface area contributed by atoms with Crippen molar-refractivity contribution < 1.29 is 13.9 Å². The van der Waals surface area contributed by atoms with Gasteiger partial charge in [0.2, 0.25) is 0 Å². The minimum Gasteiger partial charge on any atom is -0.392 e. The minimum absolute atomic E-state index is 0.0475. The van der Waals surface area contributed by atoms with E-state index in [1.54, 1.807) is 0 Å². The number of nitrogens with zero attached hydrogens (tertiary/aromatic N) is 1. The average molecular weight is 334 g/mol. The summed E-state index contributed by atoms with van der Waals surface area (Å²) in [7, 11) is 0. The van der Waals surface area contributed by atoms with E-state index in [1.165, 1.54) is 0 Å². The molecule has 0 saturated carbocycles. The smallest absolute Gasteiger partial charge is 0.265 e. The minimum atomic E-state index is -2.61. The Bertz CT molecular complexity index is 335. The van der Waals surface area contributed by atoms with Gasteiger partial charge in [-0.1, -0.05) is 0 Å². The predicted octanol–water partition coefficient (Wildman–Crippen LogP) is 2.85. The Balaban J connectivity index is 3.33. The van der Waals surface area contributed by atoms with Crippen LogP contribution in [0.2, 0.25) is 0 Å². The van der Waals surface area contributed by atoms with Crippen molar-refractivity contribution >= 4 is 34.2 Å². The number of hydrogen-bond acceptors (Lipinski definition) is 2. The number of pyridine rings is 1. The fraction of sp³-hybridized carbons (Fsp3) is 0.375. The van der Waals surface area contributed by atoms with Crippen molar-refractivity contribution in [1.82, 2.24) is 4.98 Å². The van der Waals surface area contributed by atoms with Gasteiger partial charge in [0.1, 0.15) is 3.70 Å². The van der Waals surface area contributed by atoms with Crippen molar-refractivity contribution in [2.45, 2.75) is 18.9 Å². The van der Waals surface area contributed by atoms with Gasteiger partial charge in [0.15, 0.2) is 0 Å². The van der Waals surface area contributed by atoms with Crippen LogP contribution in [0.25, 0.3) is 0 Å². The van der Waals surface area contributed by atoms with E-state index in [2.05, 4.69) is 4.98 Å².